The summed E-state index contributed by atoms with van der Waals surface area (Å²) < 4.78 is 0. The quantitative estimate of drug-likeness (QED) is 0.734. The Morgan fingerprint density at radius 2 is 1.82 bits per heavy atom. The van der Waals surface area contributed by atoms with Crippen LogP contribution < -0.4 is 5.32 Å². The Kier molecular flexibility index (Phi) is 2.38. The van der Waals surface area contributed by atoms with E-state index in [1.54, 1.807) is 0 Å². The highest BCUT2D eigenvalue weighted by Crippen LogP contribution is 2.55. The molecule has 2 aromatic rings. The lowest BCUT2D eigenvalue weighted by Gasteiger charge is -2.41. The van der Waals surface area contributed by atoms with Gasteiger partial charge in [0.15, 0.2) is 0 Å². The van der Waals surface area contributed by atoms with Crippen LogP contribution in [0.4, 0.5) is 0 Å². The minimum atomic E-state index is -0.311. The summed E-state index contributed by atoms with van der Waals surface area (Å²) in [6, 6.07) is 8.28. The molecular weight excluding hydrogens is 276 g/mol. The van der Waals surface area contributed by atoms with Gasteiger partial charge in [0, 0.05) is 16.6 Å². The molecule has 2 aliphatic carbocycles. The Morgan fingerprint density at radius 3 is 2.73 bits per heavy atom. The third-order valence-corrected chi connectivity index (χ3v) is 5.93. The molecular formula is C18H18N2O2. The molecule has 1 saturated heterocycles. The zero-order chi connectivity index (χ0) is 14.8. The highest BCUT2D eigenvalue weighted by Gasteiger charge is 2.54. The average molecular weight is 294 g/mol. The fraction of sp³-hybridized carbons (Fsp3) is 0.444. The van der Waals surface area contributed by atoms with Gasteiger partial charge >= 0.3 is 0 Å². The van der Waals surface area contributed by atoms with E-state index in [9.17, 15) is 9.59 Å². The standard InChI is InChI=1S/C18H18N2O2/c21-17-14-10-6-2-1-5-9(10)13-11-7-3-4-8-12(11)19-16(13)15(14)18(22)20-17/h3-4,7-10,14-15,19H,1-2,5-6H2,(H,20,21,22)/t9-,10+,14+,15+/m0/s1. The number of para-hydroxylation sites is 1. The van der Waals surface area contributed by atoms with Crippen LogP contribution in [-0.4, -0.2) is 16.8 Å². The van der Waals surface area contributed by atoms with Crippen molar-refractivity contribution in [1.29, 1.82) is 0 Å². The van der Waals surface area contributed by atoms with Crippen molar-refractivity contribution in [2.45, 2.75) is 37.5 Å². The zero-order valence-electron chi connectivity index (χ0n) is 12.3. The number of amides is 2. The van der Waals surface area contributed by atoms with Crippen LogP contribution >= 0.6 is 0 Å². The number of H-pyrrole nitrogens is 1. The van der Waals surface area contributed by atoms with Crippen LogP contribution in [0, 0.1) is 11.8 Å². The molecule has 1 saturated carbocycles. The molecule has 1 aromatic carbocycles. The summed E-state index contributed by atoms with van der Waals surface area (Å²) in [5.74, 6) is 0.0744. The van der Waals surface area contributed by atoms with Gasteiger partial charge in [0.2, 0.25) is 11.8 Å². The van der Waals surface area contributed by atoms with Crippen LogP contribution in [0.3, 0.4) is 0 Å². The predicted molar refractivity (Wildman–Crippen MR) is 82.4 cm³/mol. The molecule has 2 amide bonds. The van der Waals surface area contributed by atoms with Crippen molar-refractivity contribution in [1.82, 2.24) is 10.3 Å². The average Bonchev–Trinajstić information content (AvgIpc) is 3.05. The SMILES string of the molecule is O=C1NC(=O)[C@H]2c3[nH]c4ccccc4c3[C@H]3CCCC[C@H]3[C@@H]12. The molecule has 4 heteroatoms. The van der Waals surface area contributed by atoms with Gasteiger partial charge in [-0.1, -0.05) is 31.0 Å². The van der Waals surface area contributed by atoms with Gasteiger partial charge in [0.1, 0.15) is 0 Å². The molecule has 1 aromatic heterocycles. The van der Waals surface area contributed by atoms with Gasteiger partial charge in [-0.15, -0.1) is 0 Å². The summed E-state index contributed by atoms with van der Waals surface area (Å²) in [5, 5.41) is 3.82. The molecule has 2 fully saturated rings. The number of hydrogen-bond acceptors (Lipinski definition) is 2. The summed E-state index contributed by atoms with van der Waals surface area (Å²) in [6.45, 7) is 0. The number of fused-ring (bicyclic) bond motifs is 8. The van der Waals surface area contributed by atoms with Gasteiger partial charge in [-0.3, -0.25) is 14.9 Å². The van der Waals surface area contributed by atoms with E-state index in [1.165, 1.54) is 23.8 Å². The van der Waals surface area contributed by atoms with E-state index in [4.69, 9.17) is 0 Å². The first kappa shape index (κ1) is 12.4. The predicted octanol–water partition coefficient (Wildman–Crippen LogP) is 2.81. The molecule has 22 heavy (non-hydrogen) atoms. The number of carbonyl (C=O) groups excluding carboxylic acids is 2. The number of hydrogen-bond donors (Lipinski definition) is 2. The Bertz CT molecular complexity index is 807. The Labute approximate surface area is 128 Å². The number of aromatic nitrogens is 1. The van der Waals surface area contributed by atoms with Crippen molar-refractivity contribution in [3.05, 3.63) is 35.5 Å². The van der Waals surface area contributed by atoms with Crippen LogP contribution in [0.2, 0.25) is 0 Å². The molecule has 4 nitrogen and oxygen atoms in total. The van der Waals surface area contributed by atoms with E-state index < -0.39 is 0 Å². The Balaban J connectivity index is 1.81. The van der Waals surface area contributed by atoms with Crippen molar-refractivity contribution in [2.75, 3.05) is 0 Å². The number of rotatable bonds is 0. The lowest BCUT2D eigenvalue weighted by molar-refractivity contribution is -0.126. The van der Waals surface area contributed by atoms with Gasteiger partial charge in [0.25, 0.3) is 0 Å². The first-order chi connectivity index (χ1) is 10.8. The van der Waals surface area contributed by atoms with Crippen LogP contribution in [0.15, 0.2) is 24.3 Å². The molecule has 2 N–H and O–H groups in total. The molecule has 3 aliphatic rings. The lowest BCUT2D eigenvalue weighted by atomic mass is 9.61. The van der Waals surface area contributed by atoms with Gasteiger partial charge in [-0.25, -0.2) is 0 Å². The second-order valence-corrected chi connectivity index (χ2v) is 6.91. The lowest BCUT2D eigenvalue weighted by Crippen LogP contribution is -2.37. The van der Waals surface area contributed by atoms with Crippen molar-refractivity contribution in [2.24, 2.45) is 11.8 Å². The van der Waals surface area contributed by atoms with E-state index in [1.807, 2.05) is 6.07 Å². The monoisotopic (exact) mass is 294 g/mol. The minimum absolute atomic E-state index is 0.0591. The van der Waals surface area contributed by atoms with Crippen LogP contribution in [0.25, 0.3) is 10.9 Å². The number of carbonyl (C=O) groups is 2. The van der Waals surface area contributed by atoms with Crippen molar-refractivity contribution >= 4 is 22.7 Å². The number of nitrogens with one attached hydrogen (secondary N) is 2. The van der Waals surface area contributed by atoms with Crippen molar-refractivity contribution in [3.63, 3.8) is 0 Å². The van der Waals surface area contributed by atoms with Crippen molar-refractivity contribution in [3.8, 4) is 0 Å². The maximum absolute atomic E-state index is 12.4. The Hall–Kier alpha value is -2.10. The van der Waals surface area contributed by atoms with E-state index in [2.05, 4.69) is 28.5 Å². The molecule has 0 spiro atoms. The maximum atomic E-state index is 12.4. The molecule has 0 unspecified atom stereocenters. The topological polar surface area (TPSA) is 62.0 Å². The normalized spacial score (nSPS) is 33.3. The second-order valence-electron chi connectivity index (χ2n) is 6.91. The second kappa shape index (κ2) is 4.22. The third kappa shape index (κ3) is 1.42. The van der Waals surface area contributed by atoms with E-state index in [-0.39, 0.29) is 23.7 Å². The summed E-state index contributed by atoms with van der Waals surface area (Å²) in [7, 11) is 0. The van der Waals surface area contributed by atoms with Crippen LogP contribution in [-0.2, 0) is 9.59 Å². The molecule has 1 aliphatic heterocycles. The Morgan fingerprint density at radius 1 is 1.00 bits per heavy atom. The summed E-state index contributed by atoms with van der Waals surface area (Å²) in [5.41, 5.74) is 3.40. The first-order valence-electron chi connectivity index (χ1n) is 8.21. The van der Waals surface area contributed by atoms with Gasteiger partial charge in [-0.05, 0) is 36.3 Å². The highest BCUT2D eigenvalue weighted by molar-refractivity contribution is 6.09. The first-order valence-corrected chi connectivity index (χ1v) is 8.21. The maximum Gasteiger partial charge on any atom is 0.236 e. The van der Waals surface area contributed by atoms with Crippen LogP contribution in [0.5, 0.6) is 0 Å². The number of benzene rings is 1. The van der Waals surface area contributed by atoms with Gasteiger partial charge in [0.05, 0.1) is 11.8 Å². The fourth-order valence-electron chi connectivity index (χ4n) is 5.13. The van der Waals surface area contributed by atoms with Gasteiger partial charge in [-0.2, -0.15) is 0 Å². The van der Waals surface area contributed by atoms with E-state index in [0.717, 1.165) is 24.1 Å². The number of imide groups is 1. The fourth-order valence-corrected chi connectivity index (χ4v) is 5.13. The summed E-state index contributed by atoms with van der Waals surface area (Å²) >= 11 is 0. The number of aromatic amines is 1. The molecule has 5 rings (SSSR count). The molecule has 2 heterocycles. The molecule has 4 atom stereocenters. The smallest absolute Gasteiger partial charge is 0.236 e. The van der Waals surface area contributed by atoms with Crippen LogP contribution in [0.1, 0.15) is 48.8 Å². The van der Waals surface area contributed by atoms with Crippen molar-refractivity contribution < 1.29 is 9.59 Å². The highest BCUT2D eigenvalue weighted by atomic mass is 16.2. The molecule has 0 radical (unpaired) electrons. The minimum Gasteiger partial charge on any atom is -0.357 e. The summed E-state index contributed by atoms with van der Waals surface area (Å²) in [4.78, 5) is 28.2. The third-order valence-electron chi connectivity index (χ3n) is 5.93. The van der Waals surface area contributed by atoms with E-state index >= 15 is 0 Å². The molecule has 112 valence electrons. The largest absolute Gasteiger partial charge is 0.357 e. The van der Waals surface area contributed by atoms with Gasteiger partial charge < -0.3 is 4.98 Å². The van der Waals surface area contributed by atoms with E-state index in [0.29, 0.717) is 11.8 Å². The molecule has 0 bridgehead atoms. The zero-order valence-corrected chi connectivity index (χ0v) is 12.3. The summed E-state index contributed by atoms with van der Waals surface area (Å²) in [6.07, 6.45) is 4.58.